The van der Waals surface area contributed by atoms with Crippen molar-refractivity contribution in [3.63, 3.8) is 0 Å². The van der Waals surface area contributed by atoms with Crippen LogP contribution >= 0.6 is 0 Å². The first-order valence-electron chi connectivity index (χ1n) is 4.14. The molecule has 1 fully saturated rings. The van der Waals surface area contributed by atoms with Gasteiger partial charge >= 0.3 is 0 Å². The Morgan fingerprint density at radius 3 is 2.82 bits per heavy atom. The number of ether oxygens (including phenoxy) is 1. The van der Waals surface area contributed by atoms with E-state index in [0.29, 0.717) is 12.2 Å². The van der Waals surface area contributed by atoms with Gasteiger partial charge in [-0.1, -0.05) is 13.0 Å². The van der Waals surface area contributed by atoms with Gasteiger partial charge in [0, 0.05) is 0 Å². The molecule has 2 atom stereocenters. The molecule has 62 valence electrons. The summed E-state index contributed by atoms with van der Waals surface area (Å²) >= 11 is 0. The fourth-order valence-corrected chi connectivity index (χ4v) is 1.20. The van der Waals surface area contributed by atoms with Gasteiger partial charge in [-0.2, -0.15) is 0 Å². The van der Waals surface area contributed by atoms with Crippen molar-refractivity contribution in [2.45, 2.75) is 38.4 Å². The fraction of sp³-hybridized carbons (Fsp3) is 0.667. The van der Waals surface area contributed by atoms with E-state index >= 15 is 0 Å². The summed E-state index contributed by atoms with van der Waals surface area (Å²) in [5.74, 6) is 0. The van der Waals surface area contributed by atoms with Gasteiger partial charge in [-0.3, -0.25) is 4.79 Å². The number of rotatable bonds is 5. The largest absolute Gasteiger partial charge is 0.370 e. The van der Waals surface area contributed by atoms with Gasteiger partial charge in [0.2, 0.25) is 0 Å². The molecule has 0 saturated carbocycles. The summed E-state index contributed by atoms with van der Waals surface area (Å²) in [5.41, 5.74) is 0. The zero-order valence-corrected chi connectivity index (χ0v) is 6.82. The lowest BCUT2D eigenvalue weighted by Crippen LogP contribution is -1.90. The van der Waals surface area contributed by atoms with Crippen LogP contribution in [0.15, 0.2) is 12.2 Å². The average molecular weight is 154 g/mol. The molecule has 11 heavy (non-hydrogen) atoms. The lowest BCUT2D eigenvalue weighted by atomic mass is 10.1. The Kier molecular flexibility index (Phi) is 3.30. The molecule has 1 rings (SSSR count). The number of aldehydes is 1. The highest BCUT2D eigenvalue weighted by atomic mass is 16.6. The molecule has 2 nitrogen and oxygen atoms in total. The standard InChI is InChI=1S/C9H14O2/c1-2-8-9(11-8)6-4-3-5-7-10/h3,5,7-9H,2,4,6H2,1H3/b5-3+/t8-,9+/m1/s1. The number of allylic oxidation sites excluding steroid dienone is 2. The van der Waals surface area contributed by atoms with E-state index in [9.17, 15) is 4.79 Å². The molecule has 1 saturated heterocycles. The van der Waals surface area contributed by atoms with Crippen LogP contribution in [-0.2, 0) is 9.53 Å². The summed E-state index contributed by atoms with van der Waals surface area (Å²) in [7, 11) is 0. The molecule has 1 aliphatic rings. The topological polar surface area (TPSA) is 29.6 Å². The molecule has 1 aliphatic heterocycles. The monoisotopic (exact) mass is 154 g/mol. The lowest BCUT2D eigenvalue weighted by molar-refractivity contribution is -0.104. The Balaban J connectivity index is 1.97. The number of hydrogen-bond acceptors (Lipinski definition) is 2. The van der Waals surface area contributed by atoms with E-state index in [4.69, 9.17) is 4.74 Å². The van der Waals surface area contributed by atoms with Gasteiger partial charge in [0.15, 0.2) is 0 Å². The maximum Gasteiger partial charge on any atom is 0.142 e. The van der Waals surface area contributed by atoms with Crippen molar-refractivity contribution in [3.05, 3.63) is 12.2 Å². The minimum atomic E-state index is 0.469. The fourth-order valence-electron chi connectivity index (χ4n) is 1.20. The van der Waals surface area contributed by atoms with Crippen molar-refractivity contribution in [1.29, 1.82) is 0 Å². The second kappa shape index (κ2) is 4.29. The smallest absolute Gasteiger partial charge is 0.142 e. The summed E-state index contributed by atoms with van der Waals surface area (Å²) in [4.78, 5) is 9.87. The van der Waals surface area contributed by atoms with Crippen molar-refractivity contribution >= 4 is 6.29 Å². The Hall–Kier alpha value is -0.630. The maximum atomic E-state index is 9.87. The van der Waals surface area contributed by atoms with E-state index in [0.717, 1.165) is 25.5 Å². The van der Waals surface area contributed by atoms with Crippen LogP contribution < -0.4 is 0 Å². The van der Waals surface area contributed by atoms with Gasteiger partial charge in [-0.05, 0) is 25.3 Å². The second-order valence-electron chi connectivity index (χ2n) is 2.76. The van der Waals surface area contributed by atoms with Gasteiger partial charge in [0.1, 0.15) is 6.29 Å². The second-order valence-corrected chi connectivity index (χ2v) is 2.76. The van der Waals surface area contributed by atoms with Crippen molar-refractivity contribution in [2.24, 2.45) is 0 Å². The lowest BCUT2D eigenvalue weighted by Gasteiger charge is -1.86. The van der Waals surface area contributed by atoms with Gasteiger partial charge in [0.05, 0.1) is 12.2 Å². The van der Waals surface area contributed by atoms with E-state index in [1.165, 1.54) is 0 Å². The number of epoxide rings is 1. The Bertz CT molecular complexity index is 152. The molecular formula is C9H14O2. The van der Waals surface area contributed by atoms with Crippen LogP contribution in [-0.4, -0.2) is 18.5 Å². The minimum absolute atomic E-state index is 0.469. The first-order chi connectivity index (χ1) is 5.38. The van der Waals surface area contributed by atoms with Gasteiger partial charge in [-0.25, -0.2) is 0 Å². The first kappa shape index (κ1) is 8.47. The van der Waals surface area contributed by atoms with Crippen molar-refractivity contribution in [1.82, 2.24) is 0 Å². The Labute approximate surface area is 67.2 Å². The molecule has 0 amide bonds. The van der Waals surface area contributed by atoms with Crippen molar-refractivity contribution in [3.8, 4) is 0 Å². The number of carbonyl (C=O) groups is 1. The summed E-state index contributed by atoms with van der Waals surface area (Å²) in [5, 5.41) is 0. The van der Waals surface area contributed by atoms with Crippen LogP contribution in [0.25, 0.3) is 0 Å². The highest BCUT2D eigenvalue weighted by Gasteiger charge is 2.35. The maximum absolute atomic E-state index is 9.87. The third-order valence-corrected chi connectivity index (χ3v) is 1.92. The minimum Gasteiger partial charge on any atom is -0.370 e. The van der Waals surface area contributed by atoms with Crippen molar-refractivity contribution in [2.75, 3.05) is 0 Å². The van der Waals surface area contributed by atoms with E-state index in [2.05, 4.69) is 6.92 Å². The van der Waals surface area contributed by atoms with Crippen LogP contribution in [0.4, 0.5) is 0 Å². The van der Waals surface area contributed by atoms with E-state index in [1.807, 2.05) is 6.08 Å². The molecular weight excluding hydrogens is 140 g/mol. The molecule has 0 aromatic carbocycles. The summed E-state index contributed by atoms with van der Waals surface area (Å²) in [6, 6.07) is 0. The highest BCUT2D eigenvalue weighted by molar-refractivity contribution is 5.64. The average Bonchev–Trinajstić information content (AvgIpc) is 2.77. The molecule has 0 aromatic rings. The van der Waals surface area contributed by atoms with Crippen LogP contribution in [0.3, 0.4) is 0 Å². The molecule has 0 bridgehead atoms. The SMILES string of the molecule is CC[C@H]1O[C@H]1CC/C=C/C=O. The summed E-state index contributed by atoms with van der Waals surface area (Å²) in [6.07, 6.45) is 8.34. The van der Waals surface area contributed by atoms with Crippen LogP contribution in [0.2, 0.25) is 0 Å². The van der Waals surface area contributed by atoms with E-state index in [1.54, 1.807) is 6.08 Å². The molecule has 0 aliphatic carbocycles. The van der Waals surface area contributed by atoms with Crippen LogP contribution in [0.1, 0.15) is 26.2 Å². The molecule has 0 N–H and O–H groups in total. The van der Waals surface area contributed by atoms with Crippen LogP contribution in [0.5, 0.6) is 0 Å². The van der Waals surface area contributed by atoms with Crippen molar-refractivity contribution < 1.29 is 9.53 Å². The third kappa shape index (κ3) is 2.85. The van der Waals surface area contributed by atoms with E-state index in [-0.39, 0.29) is 0 Å². The van der Waals surface area contributed by atoms with Gasteiger partial charge < -0.3 is 4.74 Å². The predicted molar refractivity (Wildman–Crippen MR) is 43.4 cm³/mol. The van der Waals surface area contributed by atoms with Crippen LogP contribution in [0, 0.1) is 0 Å². The van der Waals surface area contributed by atoms with Gasteiger partial charge in [0.25, 0.3) is 0 Å². The van der Waals surface area contributed by atoms with E-state index < -0.39 is 0 Å². The zero-order valence-electron chi connectivity index (χ0n) is 6.82. The molecule has 0 unspecified atom stereocenters. The first-order valence-corrected chi connectivity index (χ1v) is 4.14. The number of hydrogen-bond donors (Lipinski definition) is 0. The quantitative estimate of drug-likeness (QED) is 0.342. The summed E-state index contributed by atoms with van der Waals surface area (Å²) in [6.45, 7) is 2.13. The number of carbonyl (C=O) groups excluding carboxylic acids is 1. The zero-order chi connectivity index (χ0) is 8.10. The third-order valence-electron chi connectivity index (χ3n) is 1.92. The predicted octanol–water partition coefficient (Wildman–Crippen LogP) is 1.70. The Morgan fingerprint density at radius 2 is 2.27 bits per heavy atom. The molecule has 2 heteroatoms. The molecule has 1 heterocycles. The molecule has 0 spiro atoms. The highest BCUT2D eigenvalue weighted by Crippen LogP contribution is 2.28. The normalized spacial score (nSPS) is 29.2. The summed E-state index contributed by atoms with van der Waals surface area (Å²) < 4.78 is 5.32. The molecule has 0 radical (unpaired) electrons. The Morgan fingerprint density at radius 1 is 1.45 bits per heavy atom. The molecule has 0 aromatic heterocycles. The van der Waals surface area contributed by atoms with Gasteiger partial charge in [-0.15, -0.1) is 0 Å².